The largest absolute Gasteiger partial charge is 0.290 e. The summed E-state index contributed by atoms with van der Waals surface area (Å²) < 4.78 is 20.5. The number of likely N-dealkylation sites (tertiary alicyclic amines) is 1. The van der Waals surface area contributed by atoms with E-state index in [1.165, 1.54) is 6.42 Å². The third kappa shape index (κ3) is 2.66. The minimum absolute atomic E-state index is 0.259. The van der Waals surface area contributed by atoms with Crippen LogP contribution in [0, 0.1) is 0 Å². The molecule has 0 aliphatic carbocycles. The van der Waals surface area contributed by atoms with Crippen LogP contribution in [0.2, 0.25) is 0 Å². The fourth-order valence-corrected chi connectivity index (χ4v) is 1.87. The van der Waals surface area contributed by atoms with E-state index < -0.39 is 10.7 Å². The minimum Gasteiger partial charge on any atom is -0.290 e. The summed E-state index contributed by atoms with van der Waals surface area (Å²) in [4.78, 5) is 2.00. The molecule has 1 heterocycles. The van der Waals surface area contributed by atoms with E-state index in [4.69, 9.17) is 0 Å². The maximum atomic E-state index is 10.3. The summed E-state index contributed by atoms with van der Waals surface area (Å²) in [5.41, 5.74) is 0. The van der Waals surface area contributed by atoms with Crippen molar-refractivity contribution < 1.29 is 8.42 Å². The Bertz CT molecular complexity index is 153. The Morgan fingerprint density at radius 1 is 1.10 bits per heavy atom. The molecule has 1 fully saturated rings. The lowest BCUT2D eigenvalue weighted by Crippen LogP contribution is -2.31. The molecular formula is C6H13NO2S. The fraction of sp³-hybridized carbons (Fsp3) is 1.00. The van der Waals surface area contributed by atoms with Gasteiger partial charge in [-0.2, -0.15) is 0 Å². The van der Waals surface area contributed by atoms with Crippen LogP contribution in [0.25, 0.3) is 0 Å². The van der Waals surface area contributed by atoms with Gasteiger partial charge in [0.25, 0.3) is 0 Å². The van der Waals surface area contributed by atoms with Crippen LogP contribution < -0.4 is 0 Å². The monoisotopic (exact) mass is 163 g/mol. The van der Waals surface area contributed by atoms with Crippen LogP contribution in [0.15, 0.2) is 0 Å². The zero-order valence-electron chi connectivity index (χ0n) is 5.95. The molecule has 10 heavy (non-hydrogen) atoms. The molecule has 0 saturated carbocycles. The summed E-state index contributed by atoms with van der Waals surface area (Å²) in [5, 5.41) is 0. The summed E-state index contributed by atoms with van der Waals surface area (Å²) in [6, 6.07) is 0. The first kappa shape index (κ1) is 8.01. The number of nitrogens with zero attached hydrogens (tertiary/aromatic N) is 1. The second-order valence-electron chi connectivity index (χ2n) is 2.65. The maximum Gasteiger partial charge on any atom is 0.153 e. The number of hydrogen-bond donors (Lipinski definition) is 1. The van der Waals surface area contributed by atoms with Crippen LogP contribution >= 0.6 is 0 Å². The van der Waals surface area contributed by atoms with Gasteiger partial charge in [0.05, 0.1) is 5.88 Å². The first-order chi connectivity index (χ1) is 4.79. The molecule has 0 spiro atoms. The molecule has 1 aliphatic rings. The van der Waals surface area contributed by atoms with Crippen LogP contribution in [-0.2, 0) is 10.7 Å². The van der Waals surface area contributed by atoms with Crippen molar-refractivity contribution in [2.45, 2.75) is 19.3 Å². The van der Waals surface area contributed by atoms with E-state index in [2.05, 4.69) is 0 Å². The average molecular weight is 163 g/mol. The Hall–Kier alpha value is -0.0900. The van der Waals surface area contributed by atoms with Crippen molar-refractivity contribution in [2.75, 3.05) is 19.0 Å². The number of rotatable bonds is 2. The van der Waals surface area contributed by atoms with Crippen LogP contribution in [0.1, 0.15) is 19.3 Å². The molecule has 4 heteroatoms. The summed E-state index contributed by atoms with van der Waals surface area (Å²) in [6.45, 7) is 1.92. The van der Waals surface area contributed by atoms with Crippen molar-refractivity contribution in [1.29, 1.82) is 0 Å². The predicted molar refractivity (Wildman–Crippen MR) is 40.6 cm³/mol. The molecule has 0 amide bonds. The first-order valence-corrected chi connectivity index (χ1v) is 4.99. The van der Waals surface area contributed by atoms with Crippen LogP contribution in [0.3, 0.4) is 0 Å². The number of thiol groups is 1. The zero-order valence-corrected chi connectivity index (χ0v) is 6.85. The van der Waals surface area contributed by atoms with Gasteiger partial charge in [0, 0.05) is 0 Å². The van der Waals surface area contributed by atoms with E-state index in [1.54, 1.807) is 0 Å². The van der Waals surface area contributed by atoms with Gasteiger partial charge >= 0.3 is 0 Å². The highest BCUT2D eigenvalue weighted by Gasteiger charge is 2.09. The Kier molecular flexibility index (Phi) is 3.15. The molecule has 1 saturated heterocycles. The molecule has 0 aromatic carbocycles. The van der Waals surface area contributed by atoms with Gasteiger partial charge in [-0.15, -0.1) is 0 Å². The lowest BCUT2D eigenvalue weighted by atomic mass is 10.1. The summed E-state index contributed by atoms with van der Waals surface area (Å²) >= 11 is 0. The van der Waals surface area contributed by atoms with E-state index in [0.29, 0.717) is 0 Å². The average Bonchev–Trinajstić information content (AvgIpc) is 1.88. The maximum absolute atomic E-state index is 10.3. The van der Waals surface area contributed by atoms with Gasteiger partial charge in [-0.3, -0.25) is 4.90 Å². The molecule has 3 nitrogen and oxygen atoms in total. The van der Waals surface area contributed by atoms with Gasteiger partial charge < -0.3 is 0 Å². The van der Waals surface area contributed by atoms with Crippen molar-refractivity contribution >= 4 is 10.7 Å². The normalized spacial score (nSPS) is 21.7. The van der Waals surface area contributed by atoms with E-state index in [-0.39, 0.29) is 5.88 Å². The summed E-state index contributed by atoms with van der Waals surface area (Å²) in [6.07, 6.45) is 3.57. The van der Waals surface area contributed by atoms with Gasteiger partial charge in [-0.05, 0) is 25.9 Å². The first-order valence-electron chi connectivity index (χ1n) is 3.63. The molecule has 0 aromatic rings. The van der Waals surface area contributed by atoms with Crippen LogP contribution in [0.5, 0.6) is 0 Å². The standard InChI is InChI=1S/C6H13NO2S/c8-10(9)6-7-4-2-1-3-5-7/h10H,1-6H2. The van der Waals surface area contributed by atoms with Gasteiger partial charge in [0.2, 0.25) is 0 Å². The Labute approximate surface area is 63.0 Å². The Morgan fingerprint density at radius 3 is 2.20 bits per heavy atom. The zero-order chi connectivity index (χ0) is 7.40. The van der Waals surface area contributed by atoms with E-state index in [9.17, 15) is 8.42 Å². The lowest BCUT2D eigenvalue weighted by Gasteiger charge is -2.23. The van der Waals surface area contributed by atoms with Crippen molar-refractivity contribution in [3.8, 4) is 0 Å². The molecule has 0 radical (unpaired) electrons. The predicted octanol–water partition coefficient (Wildman–Crippen LogP) is 0.0412. The van der Waals surface area contributed by atoms with Gasteiger partial charge in [-0.25, -0.2) is 8.42 Å². The fourth-order valence-electron chi connectivity index (χ4n) is 1.26. The van der Waals surface area contributed by atoms with E-state index in [0.717, 1.165) is 25.9 Å². The minimum atomic E-state index is -2.20. The van der Waals surface area contributed by atoms with Crippen LogP contribution in [0.4, 0.5) is 0 Å². The summed E-state index contributed by atoms with van der Waals surface area (Å²) in [7, 11) is -2.20. The smallest absolute Gasteiger partial charge is 0.153 e. The van der Waals surface area contributed by atoms with E-state index >= 15 is 0 Å². The topological polar surface area (TPSA) is 37.4 Å². The molecule has 1 aliphatic heterocycles. The molecular weight excluding hydrogens is 150 g/mol. The van der Waals surface area contributed by atoms with Crippen molar-refractivity contribution in [3.63, 3.8) is 0 Å². The highest BCUT2D eigenvalue weighted by Crippen LogP contribution is 2.07. The molecule has 0 N–H and O–H groups in total. The second-order valence-corrected chi connectivity index (χ2v) is 3.60. The number of hydrogen-bond acceptors (Lipinski definition) is 3. The Morgan fingerprint density at radius 2 is 1.70 bits per heavy atom. The lowest BCUT2D eigenvalue weighted by molar-refractivity contribution is 0.262. The van der Waals surface area contributed by atoms with Crippen molar-refractivity contribution in [2.24, 2.45) is 0 Å². The quantitative estimate of drug-likeness (QED) is 0.584. The molecule has 0 aromatic heterocycles. The molecule has 60 valence electrons. The molecule has 0 atom stereocenters. The summed E-state index contributed by atoms with van der Waals surface area (Å²) in [5.74, 6) is 0.259. The van der Waals surface area contributed by atoms with Crippen LogP contribution in [-0.4, -0.2) is 32.3 Å². The van der Waals surface area contributed by atoms with Gasteiger partial charge in [0.1, 0.15) is 0 Å². The molecule has 0 unspecified atom stereocenters. The van der Waals surface area contributed by atoms with Gasteiger partial charge in [0.15, 0.2) is 10.7 Å². The second kappa shape index (κ2) is 3.93. The third-order valence-electron chi connectivity index (χ3n) is 1.76. The molecule has 0 bridgehead atoms. The highest BCUT2D eigenvalue weighted by atomic mass is 32.2. The van der Waals surface area contributed by atoms with Crippen molar-refractivity contribution in [3.05, 3.63) is 0 Å². The van der Waals surface area contributed by atoms with Crippen molar-refractivity contribution in [1.82, 2.24) is 4.90 Å². The Balaban J connectivity index is 2.26. The SMILES string of the molecule is O=[SH](=O)CN1CCCCC1. The third-order valence-corrected chi connectivity index (χ3v) is 2.40. The number of piperidine rings is 1. The highest BCUT2D eigenvalue weighted by molar-refractivity contribution is 7.72. The van der Waals surface area contributed by atoms with E-state index in [1.807, 2.05) is 4.90 Å². The van der Waals surface area contributed by atoms with Gasteiger partial charge in [-0.1, -0.05) is 6.42 Å². The molecule has 1 rings (SSSR count).